The molecule has 6 nitrogen and oxygen atoms in total. The standard InChI is InChI=1S/C19H25N3O3/c1-2-12-25-15-7-4-3-6-14(15)13-20-18(24)21-16-8-9-17(23)22-19(16)10-5-11-19/h2-4,6-7,16H,1,5,8-13H2,(H,22,23)(H2,20,21,24)/t16-/m1/s1. The van der Waals surface area contributed by atoms with Crippen molar-refractivity contribution in [1.29, 1.82) is 0 Å². The molecule has 134 valence electrons. The van der Waals surface area contributed by atoms with Gasteiger partial charge in [0.1, 0.15) is 12.4 Å². The molecule has 1 saturated carbocycles. The number of piperidine rings is 1. The van der Waals surface area contributed by atoms with Gasteiger partial charge in [-0.1, -0.05) is 30.9 Å². The van der Waals surface area contributed by atoms with Crippen LogP contribution in [0.4, 0.5) is 4.79 Å². The summed E-state index contributed by atoms with van der Waals surface area (Å²) in [4.78, 5) is 24.0. The molecule has 1 saturated heterocycles. The van der Waals surface area contributed by atoms with Crippen molar-refractivity contribution >= 4 is 11.9 Å². The maximum Gasteiger partial charge on any atom is 0.315 e. The molecule has 1 aromatic rings. The molecule has 0 radical (unpaired) electrons. The summed E-state index contributed by atoms with van der Waals surface area (Å²) in [6.45, 7) is 4.45. The number of amides is 3. The number of nitrogens with one attached hydrogen (secondary N) is 3. The van der Waals surface area contributed by atoms with Crippen LogP contribution in [0.25, 0.3) is 0 Å². The Morgan fingerprint density at radius 2 is 2.20 bits per heavy atom. The van der Waals surface area contributed by atoms with Crippen molar-refractivity contribution in [2.75, 3.05) is 6.61 Å². The van der Waals surface area contributed by atoms with Gasteiger partial charge in [-0.05, 0) is 31.7 Å². The highest BCUT2D eigenvalue weighted by Crippen LogP contribution is 2.38. The van der Waals surface area contributed by atoms with Gasteiger partial charge in [0.05, 0.1) is 11.6 Å². The summed E-state index contributed by atoms with van der Waals surface area (Å²) in [5.74, 6) is 0.828. The molecule has 1 aliphatic heterocycles. The molecule has 1 aromatic carbocycles. The monoisotopic (exact) mass is 343 g/mol. The maximum atomic E-state index is 12.3. The summed E-state index contributed by atoms with van der Waals surface area (Å²) in [6, 6.07) is 7.38. The van der Waals surface area contributed by atoms with E-state index in [1.807, 2.05) is 24.3 Å². The van der Waals surface area contributed by atoms with Crippen LogP contribution >= 0.6 is 0 Å². The number of para-hydroxylation sites is 1. The van der Waals surface area contributed by atoms with Gasteiger partial charge in [0, 0.05) is 18.5 Å². The lowest BCUT2D eigenvalue weighted by atomic mass is 9.68. The molecule has 0 bridgehead atoms. The summed E-state index contributed by atoms with van der Waals surface area (Å²) in [5.41, 5.74) is 0.673. The van der Waals surface area contributed by atoms with E-state index in [4.69, 9.17) is 4.74 Å². The van der Waals surface area contributed by atoms with E-state index < -0.39 is 0 Å². The van der Waals surface area contributed by atoms with Crippen molar-refractivity contribution in [1.82, 2.24) is 16.0 Å². The first-order valence-electron chi connectivity index (χ1n) is 8.80. The molecule has 6 heteroatoms. The zero-order valence-electron chi connectivity index (χ0n) is 14.3. The van der Waals surface area contributed by atoms with Gasteiger partial charge < -0.3 is 20.7 Å². The molecule has 2 aliphatic rings. The number of urea groups is 1. The lowest BCUT2D eigenvalue weighted by Crippen LogP contribution is -2.69. The van der Waals surface area contributed by atoms with Crippen LogP contribution in [0.2, 0.25) is 0 Å². The van der Waals surface area contributed by atoms with Crippen LogP contribution in [0.3, 0.4) is 0 Å². The molecule has 0 unspecified atom stereocenters. The average Bonchev–Trinajstić information content (AvgIpc) is 2.59. The Hall–Kier alpha value is -2.50. The Balaban J connectivity index is 1.55. The van der Waals surface area contributed by atoms with Crippen LogP contribution in [0.1, 0.15) is 37.7 Å². The summed E-state index contributed by atoms with van der Waals surface area (Å²) in [5, 5.41) is 9.01. The summed E-state index contributed by atoms with van der Waals surface area (Å²) in [6.07, 6.45) is 5.80. The lowest BCUT2D eigenvalue weighted by Gasteiger charge is -2.50. The molecule has 3 rings (SSSR count). The highest BCUT2D eigenvalue weighted by Gasteiger charge is 2.48. The smallest absolute Gasteiger partial charge is 0.315 e. The molecular weight excluding hydrogens is 318 g/mol. The van der Waals surface area contributed by atoms with Crippen molar-refractivity contribution in [3.8, 4) is 5.75 Å². The highest BCUT2D eigenvalue weighted by molar-refractivity contribution is 5.80. The minimum absolute atomic E-state index is 0.00814. The Morgan fingerprint density at radius 3 is 2.92 bits per heavy atom. The van der Waals surface area contributed by atoms with E-state index in [9.17, 15) is 9.59 Å². The van der Waals surface area contributed by atoms with E-state index in [1.165, 1.54) is 0 Å². The third-order valence-electron chi connectivity index (χ3n) is 5.04. The number of carbonyl (C=O) groups excluding carboxylic acids is 2. The van der Waals surface area contributed by atoms with Crippen LogP contribution in [0.5, 0.6) is 5.75 Å². The van der Waals surface area contributed by atoms with Crippen molar-refractivity contribution in [3.63, 3.8) is 0 Å². The second kappa shape index (κ2) is 7.59. The van der Waals surface area contributed by atoms with Gasteiger partial charge in [-0.25, -0.2) is 4.79 Å². The molecule has 1 aliphatic carbocycles. The van der Waals surface area contributed by atoms with E-state index >= 15 is 0 Å². The third kappa shape index (κ3) is 3.95. The van der Waals surface area contributed by atoms with E-state index in [1.54, 1.807) is 6.08 Å². The van der Waals surface area contributed by atoms with Gasteiger partial charge in [-0.15, -0.1) is 0 Å². The first-order chi connectivity index (χ1) is 12.1. The Morgan fingerprint density at radius 1 is 1.40 bits per heavy atom. The van der Waals surface area contributed by atoms with Gasteiger partial charge in [0.2, 0.25) is 5.91 Å². The fourth-order valence-electron chi connectivity index (χ4n) is 3.54. The summed E-state index contributed by atoms with van der Waals surface area (Å²) >= 11 is 0. The largest absolute Gasteiger partial charge is 0.489 e. The number of carbonyl (C=O) groups is 2. The van der Waals surface area contributed by atoms with Crippen LogP contribution in [0.15, 0.2) is 36.9 Å². The lowest BCUT2D eigenvalue weighted by molar-refractivity contribution is -0.127. The summed E-state index contributed by atoms with van der Waals surface area (Å²) < 4.78 is 5.60. The van der Waals surface area contributed by atoms with Crippen molar-refractivity contribution in [3.05, 3.63) is 42.5 Å². The fraction of sp³-hybridized carbons (Fsp3) is 0.474. The molecule has 0 aromatic heterocycles. The normalized spacial score (nSPS) is 21.0. The quantitative estimate of drug-likeness (QED) is 0.693. The molecule has 3 amide bonds. The number of hydrogen-bond acceptors (Lipinski definition) is 3. The highest BCUT2D eigenvalue weighted by atomic mass is 16.5. The van der Waals surface area contributed by atoms with Crippen LogP contribution in [-0.2, 0) is 11.3 Å². The molecule has 1 atom stereocenters. The number of hydrogen-bond donors (Lipinski definition) is 3. The van der Waals surface area contributed by atoms with Crippen LogP contribution < -0.4 is 20.7 Å². The Labute approximate surface area is 148 Å². The number of rotatable bonds is 6. The molecule has 2 fully saturated rings. The zero-order chi connectivity index (χ0) is 17.7. The molecule has 25 heavy (non-hydrogen) atoms. The molecule has 1 spiro atoms. The topological polar surface area (TPSA) is 79.5 Å². The van der Waals surface area contributed by atoms with E-state index in [0.717, 1.165) is 30.6 Å². The second-order valence-electron chi connectivity index (χ2n) is 6.68. The Kier molecular flexibility index (Phi) is 5.26. The zero-order valence-corrected chi connectivity index (χ0v) is 14.3. The third-order valence-corrected chi connectivity index (χ3v) is 5.04. The van der Waals surface area contributed by atoms with Crippen molar-refractivity contribution in [2.45, 2.75) is 50.2 Å². The molecule has 3 N–H and O–H groups in total. The van der Waals surface area contributed by atoms with Gasteiger partial charge in [-0.2, -0.15) is 0 Å². The Bertz CT molecular complexity index is 655. The van der Waals surface area contributed by atoms with Gasteiger partial charge >= 0.3 is 6.03 Å². The van der Waals surface area contributed by atoms with Crippen molar-refractivity contribution in [2.24, 2.45) is 0 Å². The molecule has 1 heterocycles. The van der Waals surface area contributed by atoms with Gasteiger partial charge in [0.15, 0.2) is 0 Å². The van der Waals surface area contributed by atoms with E-state index in [-0.39, 0.29) is 23.5 Å². The predicted molar refractivity (Wildman–Crippen MR) is 95.3 cm³/mol. The predicted octanol–water partition coefficient (Wildman–Crippen LogP) is 2.25. The summed E-state index contributed by atoms with van der Waals surface area (Å²) in [7, 11) is 0. The fourth-order valence-corrected chi connectivity index (χ4v) is 3.54. The minimum Gasteiger partial charge on any atom is -0.489 e. The minimum atomic E-state index is -0.238. The van der Waals surface area contributed by atoms with Gasteiger partial charge in [0.25, 0.3) is 0 Å². The first-order valence-corrected chi connectivity index (χ1v) is 8.80. The van der Waals surface area contributed by atoms with E-state index in [2.05, 4.69) is 22.5 Å². The van der Waals surface area contributed by atoms with E-state index in [0.29, 0.717) is 26.0 Å². The molecular formula is C19H25N3O3. The van der Waals surface area contributed by atoms with Crippen LogP contribution in [0, 0.1) is 0 Å². The SMILES string of the molecule is C=CCOc1ccccc1CNC(=O)N[C@@H]1CCC(=O)NC12CCC2. The van der Waals surface area contributed by atoms with Crippen LogP contribution in [-0.4, -0.2) is 30.1 Å². The van der Waals surface area contributed by atoms with Gasteiger partial charge in [-0.3, -0.25) is 4.79 Å². The maximum absolute atomic E-state index is 12.3. The van der Waals surface area contributed by atoms with Crippen molar-refractivity contribution < 1.29 is 14.3 Å². The number of ether oxygens (including phenoxy) is 1. The second-order valence-corrected chi connectivity index (χ2v) is 6.68. The first kappa shape index (κ1) is 17.3. The number of benzene rings is 1. The average molecular weight is 343 g/mol.